The maximum Gasteiger partial charge on any atom is 0.303 e. The molecule has 2 rings (SSSR count). The smallest absolute Gasteiger partial charge is 0.303 e. The molecule has 2 saturated heterocycles. The van der Waals surface area contributed by atoms with Crippen LogP contribution in [0, 0.1) is 0 Å². The molecule has 14 heteroatoms. The van der Waals surface area contributed by atoms with Gasteiger partial charge in [0.25, 0.3) is 0 Å². The lowest BCUT2D eigenvalue weighted by molar-refractivity contribution is -0.383. The van der Waals surface area contributed by atoms with Crippen molar-refractivity contribution in [2.24, 2.45) is 0 Å². The molecule has 0 amide bonds. The summed E-state index contributed by atoms with van der Waals surface area (Å²) in [4.78, 5) is 34.0. The van der Waals surface area contributed by atoms with Gasteiger partial charge in [-0.1, -0.05) is 0 Å². The highest BCUT2D eigenvalue weighted by Crippen LogP contribution is 2.38. The molecule has 0 aliphatic carbocycles. The Morgan fingerprint density at radius 3 is 1.97 bits per heavy atom. The summed E-state index contributed by atoms with van der Waals surface area (Å²) in [6.45, 7) is 0.925. The molecule has 2 fully saturated rings. The number of rotatable bonds is 8. The zero-order valence-corrected chi connectivity index (χ0v) is 17.7. The number of hydrogen-bond donors (Lipinski definition) is 5. The van der Waals surface area contributed by atoms with E-state index in [2.05, 4.69) is 0 Å². The summed E-state index contributed by atoms with van der Waals surface area (Å²) in [6.07, 6.45) is -12.8. The monoisotopic (exact) mass is 468 g/mol. The van der Waals surface area contributed by atoms with Crippen molar-refractivity contribution < 1.29 is 68.3 Å². The fraction of sp³-hybridized carbons (Fsp3) is 0.833. The van der Waals surface area contributed by atoms with Crippen molar-refractivity contribution >= 4 is 17.9 Å². The molecule has 0 bridgehead atoms. The van der Waals surface area contributed by atoms with E-state index in [-0.39, 0.29) is 0 Å². The van der Waals surface area contributed by atoms with Crippen molar-refractivity contribution in [2.75, 3.05) is 19.8 Å². The molecule has 184 valence electrons. The van der Waals surface area contributed by atoms with Gasteiger partial charge in [-0.3, -0.25) is 14.4 Å². The fourth-order valence-electron chi connectivity index (χ4n) is 3.45. The maximum atomic E-state index is 11.5. The Bertz CT molecular complexity index is 685. The van der Waals surface area contributed by atoms with Gasteiger partial charge in [0.2, 0.25) is 5.79 Å². The van der Waals surface area contributed by atoms with Crippen LogP contribution in [-0.2, 0) is 42.8 Å². The van der Waals surface area contributed by atoms with Crippen LogP contribution in [0.1, 0.15) is 20.8 Å². The Balaban J connectivity index is 2.30. The summed E-state index contributed by atoms with van der Waals surface area (Å²) in [6, 6.07) is 0. The molecule has 0 aromatic rings. The largest absolute Gasteiger partial charge is 0.463 e. The average Bonchev–Trinajstić information content (AvgIpc) is 2.97. The molecule has 0 aromatic heterocycles. The maximum absolute atomic E-state index is 11.5. The zero-order chi connectivity index (χ0) is 24.2. The summed E-state index contributed by atoms with van der Waals surface area (Å²) in [5.74, 6) is -4.70. The Morgan fingerprint density at radius 1 is 0.875 bits per heavy atom. The Kier molecular flexibility index (Phi) is 8.90. The highest BCUT2D eigenvalue weighted by atomic mass is 16.8. The second kappa shape index (κ2) is 10.8. The Hall–Kier alpha value is -1.91. The summed E-state index contributed by atoms with van der Waals surface area (Å²) in [5.41, 5.74) is 0. The molecule has 0 radical (unpaired) electrons. The fourth-order valence-corrected chi connectivity index (χ4v) is 3.45. The van der Waals surface area contributed by atoms with E-state index in [0.29, 0.717) is 0 Å². The molecule has 9 atom stereocenters. The van der Waals surface area contributed by atoms with Crippen LogP contribution in [0.15, 0.2) is 0 Å². The van der Waals surface area contributed by atoms with E-state index in [0.717, 1.165) is 20.8 Å². The number of carbonyl (C=O) groups excluding carboxylic acids is 3. The first-order chi connectivity index (χ1) is 15.0. The second-order valence-electron chi connectivity index (χ2n) is 7.35. The average molecular weight is 468 g/mol. The molecular formula is C18H28O14. The van der Waals surface area contributed by atoms with Gasteiger partial charge in [0.05, 0.1) is 6.61 Å². The van der Waals surface area contributed by atoms with Crippen LogP contribution in [0.4, 0.5) is 0 Å². The summed E-state index contributed by atoms with van der Waals surface area (Å²) in [5, 5.41) is 50.9. The molecule has 5 N–H and O–H groups in total. The van der Waals surface area contributed by atoms with Crippen molar-refractivity contribution in [3.8, 4) is 0 Å². The van der Waals surface area contributed by atoms with Gasteiger partial charge in [0.15, 0.2) is 18.5 Å². The predicted octanol–water partition coefficient (Wildman–Crippen LogP) is -3.68. The van der Waals surface area contributed by atoms with Crippen LogP contribution in [0.5, 0.6) is 0 Å². The van der Waals surface area contributed by atoms with Gasteiger partial charge in [0, 0.05) is 20.8 Å². The minimum atomic E-state index is -2.35. The molecule has 14 nitrogen and oxygen atoms in total. The lowest BCUT2D eigenvalue weighted by atomic mass is 9.98. The van der Waals surface area contributed by atoms with E-state index < -0.39 is 92.5 Å². The van der Waals surface area contributed by atoms with E-state index in [1.165, 1.54) is 0 Å². The first-order valence-electron chi connectivity index (χ1n) is 9.70. The molecule has 0 saturated carbocycles. The zero-order valence-electron chi connectivity index (χ0n) is 17.7. The van der Waals surface area contributed by atoms with E-state index in [1.807, 2.05) is 0 Å². The first kappa shape index (κ1) is 26.3. The van der Waals surface area contributed by atoms with Crippen LogP contribution in [0.2, 0.25) is 0 Å². The van der Waals surface area contributed by atoms with Crippen LogP contribution >= 0.6 is 0 Å². The van der Waals surface area contributed by atoms with E-state index in [9.17, 15) is 39.9 Å². The molecule has 2 heterocycles. The minimum absolute atomic E-state index is 0.475. The molecular weight excluding hydrogens is 440 g/mol. The van der Waals surface area contributed by atoms with Crippen molar-refractivity contribution in [1.82, 2.24) is 0 Å². The first-order valence-corrected chi connectivity index (χ1v) is 9.70. The summed E-state index contributed by atoms with van der Waals surface area (Å²) in [7, 11) is 0. The number of carbonyl (C=O) groups is 3. The molecule has 2 aliphatic heterocycles. The quantitative estimate of drug-likeness (QED) is 0.172. The van der Waals surface area contributed by atoms with Crippen molar-refractivity contribution in [3.05, 3.63) is 0 Å². The molecule has 0 aromatic carbocycles. The number of aliphatic hydroxyl groups excluding tert-OH is 5. The Labute approximate surface area is 182 Å². The molecule has 0 spiro atoms. The van der Waals surface area contributed by atoms with Crippen molar-refractivity contribution in [1.29, 1.82) is 0 Å². The summed E-state index contributed by atoms with van der Waals surface area (Å²) >= 11 is 0. The van der Waals surface area contributed by atoms with Gasteiger partial charge < -0.3 is 54.0 Å². The van der Waals surface area contributed by atoms with Crippen LogP contribution in [0.25, 0.3) is 0 Å². The number of esters is 3. The highest BCUT2D eigenvalue weighted by molar-refractivity contribution is 5.67. The standard InChI is InChI=1S/C18H28O14/c1-7(21)27-5-11-14(28-8(2)22)16(26)18(6-20,31-11)32-17-13(25)15(29-9(3)23)12(24)10(4-19)30-17/h10-17,19-20,24-26H,4-6H2,1-3H3/t10-,11-,12-,13-,14-,15+,16+,17+,18?/m1/s1. The third-order valence-electron chi connectivity index (χ3n) is 4.89. The van der Waals surface area contributed by atoms with Gasteiger partial charge in [-0.25, -0.2) is 0 Å². The van der Waals surface area contributed by atoms with E-state index in [4.69, 9.17) is 28.4 Å². The van der Waals surface area contributed by atoms with Gasteiger partial charge in [-0.15, -0.1) is 0 Å². The second-order valence-corrected chi connectivity index (χ2v) is 7.35. The van der Waals surface area contributed by atoms with Crippen LogP contribution < -0.4 is 0 Å². The van der Waals surface area contributed by atoms with Gasteiger partial charge in [-0.2, -0.15) is 0 Å². The normalized spacial score (nSPS) is 39.4. The number of aliphatic hydroxyl groups is 5. The van der Waals surface area contributed by atoms with Crippen LogP contribution in [0.3, 0.4) is 0 Å². The molecule has 1 unspecified atom stereocenters. The van der Waals surface area contributed by atoms with Gasteiger partial charge >= 0.3 is 17.9 Å². The Morgan fingerprint density at radius 2 is 1.47 bits per heavy atom. The van der Waals surface area contributed by atoms with Crippen molar-refractivity contribution in [3.63, 3.8) is 0 Å². The van der Waals surface area contributed by atoms with Gasteiger partial charge in [-0.05, 0) is 0 Å². The van der Waals surface area contributed by atoms with Gasteiger partial charge in [0.1, 0.15) is 43.7 Å². The molecule has 32 heavy (non-hydrogen) atoms. The molecule has 2 aliphatic rings. The SMILES string of the molecule is CC(=O)OC[C@H]1OC(CO)(O[C@@H]2O[C@H](CO)[C@@H](O)[C@H](OC(C)=O)[C@H]2O)[C@@H](O)[C@@H]1OC(C)=O. The summed E-state index contributed by atoms with van der Waals surface area (Å²) < 4.78 is 31.1. The topological polar surface area (TPSA) is 208 Å². The van der Waals surface area contributed by atoms with Crippen molar-refractivity contribution in [2.45, 2.75) is 75.6 Å². The number of ether oxygens (including phenoxy) is 6. The van der Waals surface area contributed by atoms with E-state index >= 15 is 0 Å². The number of hydrogen-bond acceptors (Lipinski definition) is 14. The highest BCUT2D eigenvalue weighted by Gasteiger charge is 2.60. The third-order valence-corrected chi connectivity index (χ3v) is 4.89. The lowest BCUT2D eigenvalue weighted by Crippen LogP contribution is -2.63. The lowest BCUT2D eigenvalue weighted by Gasteiger charge is -2.44. The minimum Gasteiger partial charge on any atom is -0.463 e. The predicted molar refractivity (Wildman–Crippen MR) is 97.3 cm³/mol. The van der Waals surface area contributed by atoms with Crippen LogP contribution in [-0.4, -0.2) is 118 Å². The third kappa shape index (κ3) is 5.71. The van der Waals surface area contributed by atoms with E-state index in [1.54, 1.807) is 0 Å².